The zero-order valence-electron chi connectivity index (χ0n) is 17.2. The van der Waals surface area contributed by atoms with E-state index in [9.17, 15) is 9.59 Å². The molecule has 3 rings (SSSR count). The van der Waals surface area contributed by atoms with E-state index in [0.29, 0.717) is 17.1 Å². The number of amides is 3. The third-order valence-electron chi connectivity index (χ3n) is 4.45. The van der Waals surface area contributed by atoms with Gasteiger partial charge in [0.15, 0.2) is 0 Å². The molecule has 0 spiro atoms. The van der Waals surface area contributed by atoms with Gasteiger partial charge in [-0.3, -0.25) is 9.69 Å². The van der Waals surface area contributed by atoms with Crippen molar-refractivity contribution in [3.05, 3.63) is 84.4 Å². The van der Waals surface area contributed by atoms with E-state index in [1.165, 1.54) is 0 Å². The first-order chi connectivity index (χ1) is 15.0. The first-order valence-electron chi connectivity index (χ1n) is 9.86. The molecule has 3 aromatic rings. The zero-order valence-corrected chi connectivity index (χ0v) is 17.9. The summed E-state index contributed by atoms with van der Waals surface area (Å²) >= 11 is 5.53. The summed E-state index contributed by atoms with van der Waals surface area (Å²) in [6, 6.07) is 23.9. The van der Waals surface area contributed by atoms with Gasteiger partial charge in [-0.2, -0.15) is 0 Å². The summed E-state index contributed by atoms with van der Waals surface area (Å²) in [5.74, 6) is 0.977. The van der Waals surface area contributed by atoms with Gasteiger partial charge < -0.3 is 15.4 Å². The molecule has 0 aromatic heterocycles. The maximum absolute atomic E-state index is 13.0. The molecule has 0 saturated carbocycles. The molecule has 160 valence electrons. The molecule has 0 bridgehead atoms. The van der Waals surface area contributed by atoms with Crippen molar-refractivity contribution in [1.82, 2.24) is 5.32 Å². The largest absolute Gasteiger partial charge is 0.457 e. The Morgan fingerprint density at radius 1 is 0.903 bits per heavy atom. The van der Waals surface area contributed by atoms with E-state index in [-0.39, 0.29) is 30.9 Å². The Kier molecular flexibility index (Phi) is 7.90. The first-order valence-corrected chi connectivity index (χ1v) is 10.4. The Morgan fingerprint density at radius 2 is 1.55 bits per heavy atom. The summed E-state index contributed by atoms with van der Waals surface area (Å²) in [6.07, 6.45) is 0. The summed E-state index contributed by atoms with van der Waals surface area (Å²) in [4.78, 5) is 26.0. The number of urea groups is 1. The number of anilines is 2. The number of ether oxygens (including phenoxy) is 1. The van der Waals surface area contributed by atoms with Gasteiger partial charge in [-0.05, 0) is 55.5 Å². The number of halogens is 1. The maximum Gasteiger partial charge on any atom is 0.326 e. The minimum atomic E-state index is -0.305. The fourth-order valence-electron chi connectivity index (χ4n) is 2.85. The highest BCUT2D eigenvalue weighted by Crippen LogP contribution is 2.25. The first kappa shape index (κ1) is 22.2. The van der Waals surface area contributed by atoms with Gasteiger partial charge in [-0.1, -0.05) is 35.9 Å². The van der Waals surface area contributed by atoms with Crippen molar-refractivity contribution < 1.29 is 14.3 Å². The highest BCUT2D eigenvalue weighted by molar-refractivity contribution is 6.27. The number of para-hydroxylation sites is 1. The van der Waals surface area contributed by atoms with E-state index in [4.69, 9.17) is 16.3 Å². The molecule has 0 atom stereocenters. The number of hydrogen-bond donors (Lipinski definition) is 2. The summed E-state index contributed by atoms with van der Waals surface area (Å²) in [5.41, 5.74) is 2.47. The van der Waals surface area contributed by atoms with Crippen molar-refractivity contribution in [2.24, 2.45) is 0 Å². The summed E-state index contributed by atoms with van der Waals surface area (Å²) in [5, 5.41) is 5.58. The smallest absolute Gasteiger partial charge is 0.326 e. The lowest BCUT2D eigenvalue weighted by molar-refractivity contribution is -0.118. The molecule has 0 heterocycles. The van der Waals surface area contributed by atoms with E-state index in [0.717, 1.165) is 11.3 Å². The number of carbonyl (C=O) groups excluding carboxylic acids is 2. The van der Waals surface area contributed by atoms with E-state index in [2.05, 4.69) is 10.6 Å². The Bertz CT molecular complexity index is 993. The summed E-state index contributed by atoms with van der Waals surface area (Å²) in [7, 11) is 0. The normalized spacial score (nSPS) is 10.3. The van der Waals surface area contributed by atoms with Crippen LogP contribution in [0.3, 0.4) is 0 Å². The van der Waals surface area contributed by atoms with Crippen LogP contribution in [-0.4, -0.2) is 30.9 Å². The summed E-state index contributed by atoms with van der Waals surface area (Å²) in [6.45, 7) is 2.53. The lowest BCUT2D eigenvalue weighted by atomic mass is 10.2. The standard InChI is InChI=1S/C24H24ClN3O3/c1-18-7-9-19(10-8-18)27-24(30)28(16-15-26-23(29)17-25)20-11-13-22(14-12-20)31-21-5-3-2-4-6-21/h2-14H,15-17H2,1H3,(H,26,29)(H,27,30). The van der Waals surface area contributed by atoms with Crippen LogP contribution in [0.4, 0.5) is 16.2 Å². The van der Waals surface area contributed by atoms with Crippen LogP contribution >= 0.6 is 11.6 Å². The van der Waals surface area contributed by atoms with E-state index in [1.807, 2.05) is 61.5 Å². The van der Waals surface area contributed by atoms with E-state index >= 15 is 0 Å². The van der Waals surface area contributed by atoms with Crippen LogP contribution in [0.5, 0.6) is 11.5 Å². The molecule has 0 unspecified atom stereocenters. The Labute approximate surface area is 186 Å². The van der Waals surface area contributed by atoms with Gasteiger partial charge in [-0.15, -0.1) is 11.6 Å². The van der Waals surface area contributed by atoms with Crippen molar-refractivity contribution in [2.45, 2.75) is 6.92 Å². The fraction of sp³-hybridized carbons (Fsp3) is 0.167. The van der Waals surface area contributed by atoms with Crippen molar-refractivity contribution in [3.63, 3.8) is 0 Å². The Hall–Kier alpha value is -3.51. The molecular formula is C24H24ClN3O3. The van der Waals surface area contributed by atoms with Crippen LogP contribution in [0.2, 0.25) is 0 Å². The number of hydrogen-bond acceptors (Lipinski definition) is 3. The number of rotatable bonds is 8. The lowest BCUT2D eigenvalue weighted by Crippen LogP contribution is -2.41. The number of alkyl halides is 1. The molecule has 0 fully saturated rings. The Balaban J connectivity index is 1.73. The molecule has 3 amide bonds. The van der Waals surface area contributed by atoms with Crippen LogP contribution in [0.25, 0.3) is 0 Å². The molecule has 0 radical (unpaired) electrons. The molecule has 6 nitrogen and oxygen atoms in total. The van der Waals surface area contributed by atoms with Gasteiger partial charge in [0.05, 0.1) is 0 Å². The monoisotopic (exact) mass is 437 g/mol. The van der Waals surface area contributed by atoms with Crippen molar-refractivity contribution in [3.8, 4) is 11.5 Å². The molecule has 2 N–H and O–H groups in total. The van der Waals surface area contributed by atoms with Crippen molar-refractivity contribution in [1.29, 1.82) is 0 Å². The molecule has 0 aliphatic carbocycles. The minimum absolute atomic E-state index is 0.124. The minimum Gasteiger partial charge on any atom is -0.457 e. The third-order valence-corrected chi connectivity index (χ3v) is 4.70. The number of carbonyl (C=O) groups is 2. The average Bonchev–Trinajstić information content (AvgIpc) is 2.79. The predicted molar refractivity (Wildman–Crippen MR) is 124 cm³/mol. The lowest BCUT2D eigenvalue weighted by Gasteiger charge is -2.24. The van der Waals surface area contributed by atoms with Gasteiger partial charge in [0.1, 0.15) is 17.4 Å². The van der Waals surface area contributed by atoms with Gasteiger partial charge in [0.25, 0.3) is 0 Å². The van der Waals surface area contributed by atoms with E-state index in [1.54, 1.807) is 29.2 Å². The van der Waals surface area contributed by atoms with Gasteiger partial charge >= 0.3 is 6.03 Å². The third kappa shape index (κ3) is 6.76. The van der Waals surface area contributed by atoms with Crippen LogP contribution < -0.4 is 20.3 Å². The molecule has 7 heteroatoms. The topological polar surface area (TPSA) is 70.7 Å². The molecule has 0 aliphatic heterocycles. The quantitative estimate of drug-likeness (QED) is 0.477. The number of nitrogens with zero attached hydrogens (tertiary/aromatic N) is 1. The summed E-state index contributed by atoms with van der Waals surface area (Å²) < 4.78 is 5.82. The van der Waals surface area contributed by atoms with Crippen LogP contribution in [0.15, 0.2) is 78.9 Å². The van der Waals surface area contributed by atoms with Gasteiger partial charge in [-0.25, -0.2) is 4.79 Å². The van der Waals surface area contributed by atoms with E-state index < -0.39 is 0 Å². The second-order valence-electron chi connectivity index (χ2n) is 6.84. The fourth-order valence-corrected chi connectivity index (χ4v) is 2.94. The van der Waals surface area contributed by atoms with Gasteiger partial charge in [0.2, 0.25) is 5.91 Å². The second kappa shape index (κ2) is 11.0. The average molecular weight is 438 g/mol. The number of nitrogens with one attached hydrogen (secondary N) is 2. The van der Waals surface area contributed by atoms with Gasteiger partial charge in [0, 0.05) is 24.5 Å². The number of aryl methyl sites for hydroxylation is 1. The number of benzene rings is 3. The zero-order chi connectivity index (χ0) is 22.1. The second-order valence-corrected chi connectivity index (χ2v) is 7.11. The molecule has 3 aromatic carbocycles. The maximum atomic E-state index is 13.0. The predicted octanol–water partition coefficient (Wildman–Crippen LogP) is 5.18. The molecular weight excluding hydrogens is 414 g/mol. The molecule has 0 saturated heterocycles. The van der Waals surface area contributed by atoms with Crippen LogP contribution in [-0.2, 0) is 4.79 Å². The van der Waals surface area contributed by atoms with Crippen LogP contribution in [0.1, 0.15) is 5.56 Å². The van der Waals surface area contributed by atoms with Crippen molar-refractivity contribution >= 4 is 34.9 Å². The molecule has 31 heavy (non-hydrogen) atoms. The van der Waals surface area contributed by atoms with Crippen molar-refractivity contribution in [2.75, 3.05) is 29.2 Å². The SMILES string of the molecule is Cc1ccc(NC(=O)N(CCNC(=O)CCl)c2ccc(Oc3ccccc3)cc2)cc1. The highest BCUT2D eigenvalue weighted by Gasteiger charge is 2.16. The highest BCUT2D eigenvalue weighted by atomic mass is 35.5. The Morgan fingerprint density at radius 3 is 2.19 bits per heavy atom. The van der Waals surface area contributed by atoms with Crippen LogP contribution in [0, 0.1) is 6.92 Å². The molecule has 0 aliphatic rings.